The van der Waals surface area contributed by atoms with Gasteiger partial charge in [-0.05, 0) is 13.8 Å². The van der Waals surface area contributed by atoms with Gasteiger partial charge in [0.2, 0.25) is 0 Å². The van der Waals surface area contributed by atoms with Crippen molar-refractivity contribution < 1.29 is 9.53 Å². The maximum Gasteiger partial charge on any atom is 0.181 e. The summed E-state index contributed by atoms with van der Waals surface area (Å²) in [7, 11) is 0. The Balaban J connectivity index is 2.61. The highest BCUT2D eigenvalue weighted by atomic mass is 16.5. The summed E-state index contributed by atoms with van der Waals surface area (Å²) >= 11 is 0. The molecule has 0 radical (unpaired) electrons. The highest BCUT2D eigenvalue weighted by Gasteiger charge is 2.37. The van der Waals surface area contributed by atoms with Gasteiger partial charge in [0.15, 0.2) is 12.0 Å². The van der Waals surface area contributed by atoms with Crippen molar-refractivity contribution in [2.45, 2.75) is 53.0 Å². The molecule has 1 aliphatic heterocycles. The first-order chi connectivity index (χ1) is 5.82. The molecule has 1 rings (SSSR count). The van der Waals surface area contributed by atoms with E-state index in [2.05, 4.69) is 5.32 Å². The van der Waals surface area contributed by atoms with Crippen molar-refractivity contribution in [2.24, 2.45) is 5.41 Å². The van der Waals surface area contributed by atoms with Gasteiger partial charge in [-0.15, -0.1) is 0 Å². The van der Waals surface area contributed by atoms with E-state index in [-0.39, 0.29) is 23.3 Å². The summed E-state index contributed by atoms with van der Waals surface area (Å²) < 4.78 is 5.50. The predicted molar refractivity (Wildman–Crippen MR) is 51.4 cm³/mol. The molecule has 13 heavy (non-hydrogen) atoms. The minimum absolute atomic E-state index is 0.122. The zero-order valence-electron chi connectivity index (χ0n) is 9.05. The second-order valence-electron chi connectivity index (χ2n) is 4.79. The molecule has 0 aromatic carbocycles. The smallest absolute Gasteiger partial charge is 0.181 e. The van der Waals surface area contributed by atoms with E-state index in [0.29, 0.717) is 0 Å². The first-order valence-corrected chi connectivity index (χ1v) is 4.78. The number of rotatable bonds is 1. The molecule has 0 aromatic rings. The summed E-state index contributed by atoms with van der Waals surface area (Å²) in [6.45, 7) is 9.74. The zero-order chi connectivity index (χ0) is 10.2. The molecule has 1 N–H and O–H groups in total. The van der Waals surface area contributed by atoms with Gasteiger partial charge in [-0.25, -0.2) is 0 Å². The van der Waals surface area contributed by atoms with Crippen LogP contribution in [0.5, 0.6) is 0 Å². The quantitative estimate of drug-likeness (QED) is 0.669. The number of nitrogens with one attached hydrogen (secondary N) is 1. The first-order valence-electron chi connectivity index (χ1n) is 4.78. The van der Waals surface area contributed by atoms with E-state index in [1.807, 2.05) is 34.6 Å². The van der Waals surface area contributed by atoms with Crippen LogP contribution in [0.4, 0.5) is 0 Å². The standard InChI is InChI=1S/C10H19NO2/c1-6-7(2)13-9(11-6)8(12)10(3,4)5/h6-7,9,11H,1-5H3. The molecule has 1 fully saturated rings. The van der Waals surface area contributed by atoms with Crippen LogP contribution in [0.3, 0.4) is 0 Å². The molecule has 1 aliphatic rings. The van der Waals surface area contributed by atoms with Crippen molar-refractivity contribution in [2.75, 3.05) is 0 Å². The van der Waals surface area contributed by atoms with Crippen molar-refractivity contribution in [1.29, 1.82) is 0 Å². The third-order valence-electron chi connectivity index (χ3n) is 2.45. The second kappa shape index (κ2) is 3.39. The third kappa shape index (κ3) is 2.29. The molecule has 1 saturated heterocycles. The molecule has 3 unspecified atom stereocenters. The first kappa shape index (κ1) is 10.7. The third-order valence-corrected chi connectivity index (χ3v) is 2.45. The Hall–Kier alpha value is -0.410. The van der Waals surface area contributed by atoms with E-state index in [1.165, 1.54) is 0 Å². The number of hydrogen-bond acceptors (Lipinski definition) is 3. The lowest BCUT2D eigenvalue weighted by molar-refractivity contribution is -0.138. The molecule has 1 heterocycles. The van der Waals surface area contributed by atoms with Crippen molar-refractivity contribution in [3.05, 3.63) is 0 Å². The Morgan fingerprint density at radius 3 is 2.15 bits per heavy atom. The number of ether oxygens (including phenoxy) is 1. The molecule has 0 bridgehead atoms. The van der Waals surface area contributed by atoms with Crippen LogP contribution in [0.15, 0.2) is 0 Å². The summed E-state index contributed by atoms with van der Waals surface area (Å²) in [5.41, 5.74) is -0.332. The largest absolute Gasteiger partial charge is 0.351 e. The zero-order valence-corrected chi connectivity index (χ0v) is 9.05. The van der Waals surface area contributed by atoms with E-state index in [9.17, 15) is 4.79 Å². The highest BCUT2D eigenvalue weighted by Crippen LogP contribution is 2.22. The van der Waals surface area contributed by atoms with Crippen molar-refractivity contribution in [3.8, 4) is 0 Å². The van der Waals surface area contributed by atoms with Gasteiger partial charge in [-0.2, -0.15) is 0 Å². The molecule has 3 heteroatoms. The number of hydrogen-bond donors (Lipinski definition) is 1. The van der Waals surface area contributed by atoms with Crippen molar-refractivity contribution in [1.82, 2.24) is 5.32 Å². The minimum Gasteiger partial charge on any atom is -0.351 e. The van der Waals surface area contributed by atoms with Crippen molar-refractivity contribution >= 4 is 5.78 Å². The number of carbonyl (C=O) groups excluding carboxylic acids is 1. The normalized spacial score (nSPS) is 35.0. The number of ketones is 1. The van der Waals surface area contributed by atoms with Gasteiger partial charge in [-0.1, -0.05) is 20.8 Å². The van der Waals surface area contributed by atoms with E-state index in [4.69, 9.17) is 4.74 Å². The molecule has 0 spiro atoms. The summed E-state index contributed by atoms with van der Waals surface area (Å²) in [6, 6.07) is 0.260. The lowest BCUT2D eigenvalue weighted by Crippen LogP contribution is -2.41. The van der Waals surface area contributed by atoms with Crippen molar-refractivity contribution in [3.63, 3.8) is 0 Å². The highest BCUT2D eigenvalue weighted by molar-refractivity contribution is 5.87. The molecule has 0 saturated carbocycles. The van der Waals surface area contributed by atoms with Gasteiger partial charge in [0.1, 0.15) is 0 Å². The SMILES string of the molecule is CC1NC(C(=O)C(C)(C)C)OC1C. The lowest BCUT2D eigenvalue weighted by atomic mass is 9.90. The fourth-order valence-corrected chi connectivity index (χ4v) is 1.28. The minimum atomic E-state index is -0.412. The average molecular weight is 185 g/mol. The van der Waals surface area contributed by atoms with Crippen LogP contribution in [-0.4, -0.2) is 24.2 Å². The Morgan fingerprint density at radius 1 is 1.31 bits per heavy atom. The van der Waals surface area contributed by atoms with Crippen LogP contribution in [-0.2, 0) is 9.53 Å². The van der Waals surface area contributed by atoms with Gasteiger partial charge in [0, 0.05) is 11.5 Å². The van der Waals surface area contributed by atoms with Crippen LogP contribution in [0.25, 0.3) is 0 Å². The topological polar surface area (TPSA) is 38.3 Å². The Bertz CT molecular complexity index is 197. The summed E-state index contributed by atoms with van der Waals surface area (Å²) in [5, 5.41) is 3.14. The predicted octanol–water partition coefficient (Wildman–Crippen LogP) is 1.32. The van der Waals surface area contributed by atoms with Crippen LogP contribution in [0.2, 0.25) is 0 Å². The van der Waals surface area contributed by atoms with Gasteiger partial charge in [-0.3, -0.25) is 10.1 Å². The van der Waals surface area contributed by atoms with E-state index < -0.39 is 6.23 Å². The molecule has 3 atom stereocenters. The number of Topliss-reactive ketones (excluding diaryl/α,β-unsaturated/α-hetero) is 1. The molecule has 0 aromatic heterocycles. The molecular formula is C10H19NO2. The Kier molecular flexibility index (Phi) is 2.78. The van der Waals surface area contributed by atoms with Crippen LogP contribution in [0.1, 0.15) is 34.6 Å². The molecular weight excluding hydrogens is 166 g/mol. The molecule has 3 nitrogen and oxygen atoms in total. The average Bonchev–Trinajstić information content (AvgIpc) is 2.29. The summed E-state index contributed by atoms with van der Waals surface area (Å²) in [6.07, 6.45) is -0.290. The van der Waals surface area contributed by atoms with Gasteiger partial charge < -0.3 is 4.74 Å². The molecule has 0 amide bonds. The molecule has 0 aliphatic carbocycles. The second-order valence-corrected chi connectivity index (χ2v) is 4.79. The maximum atomic E-state index is 11.8. The van der Waals surface area contributed by atoms with Crippen LogP contribution in [0, 0.1) is 5.41 Å². The van der Waals surface area contributed by atoms with E-state index in [1.54, 1.807) is 0 Å². The summed E-state index contributed by atoms with van der Waals surface area (Å²) in [5.74, 6) is 0.128. The summed E-state index contributed by atoms with van der Waals surface area (Å²) in [4.78, 5) is 11.8. The monoisotopic (exact) mass is 185 g/mol. The van der Waals surface area contributed by atoms with Gasteiger partial charge >= 0.3 is 0 Å². The van der Waals surface area contributed by atoms with Gasteiger partial charge in [0.05, 0.1) is 6.10 Å². The Morgan fingerprint density at radius 2 is 1.85 bits per heavy atom. The lowest BCUT2D eigenvalue weighted by Gasteiger charge is -2.21. The fourth-order valence-electron chi connectivity index (χ4n) is 1.28. The fraction of sp³-hybridized carbons (Fsp3) is 0.900. The van der Waals surface area contributed by atoms with E-state index >= 15 is 0 Å². The van der Waals surface area contributed by atoms with Gasteiger partial charge in [0.25, 0.3) is 0 Å². The Labute approximate surface area is 79.8 Å². The van der Waals surface area contributed by atoms with E-state index in [0.717, 1.165) is 0 Å². The van der Waals surface area contributed by atoms with Crippen LogP contribution < -0.4 is 5.32 Å². The van der Waals surface area contributed by atoms with Crippen LogP contribution >= 0.6 is 0 Å². The maximum absolute atomic E-state index is 11.8. The number of carbonyl (C=O) groups is 1. The molecule has 76 valence electrons.